The van der Waals surface area contributed by atoms with Crippen molar-refractivity contribution in [2.24, 2.45) is 0 Å². The third-order valence-electron chi connectivity index (χ3n) is 4.19. The van der Waals surface area contributed by atoms with E-state index in [1.54, 1.807) is 15.7 Å². The molecule has 0 unspecified atom stereocenters. The van der Waals surface area contributed by atoms with Crippen molar-refractivity contribution < 1.29 is 8.42 Å². The minimum absolute atomic E-state index is 0. The van der Waals surface area contributed by atoms with Crippen molar-refractivity contribution in [3.05, 3.63) is 0 Å². The second-order valence-electron chi connectivity index (χ2n) is 5.48. The molecule has 19 heavy (non-hydrogen) atoms. The maximum absolute atomic E-state index is 12.6. The van der Waals surface area contributed by atoms with Crippen LogP contribution in [0.2, 0.25) is 0 Å². The van der Waals surface area contributed by atoms with Gasteiger partial charge in [0, 0.05) is 38.8 Å². The van der Waals surface area contributed by atoms with Crippen molar-refractivity contribution in [1.82, 2.24) is 13.9 Å². The van der Waals surface area contributed by atoms with Gasteiger partial charge in [0.05, 0.1) is 0 Å². The lowest BCUT2D eigenvalue weighted by atomic mass is 9.96. The highest BCUT2D eigenvalue weighted by Crippen LogP contribution is 2.25. The van der Waals surface area contributed by atoms with Gasteiger partial charge in [0.1, 0.15) is 0 Å². The van der Waals surface area contributed by atoms with E-state index in [1.165, 1.54) is 6.42 Å². The topological polar surface area (TPSA) is 52.7 Å². The number of nitrogens with one attached hydrogen (secondary N) is 1. The fraction of sp³-hybridized carbons (Fsp3) is 1.00. The zero-order valence-corrected chi connectivity index (χ0v) is 13.5. The fourth-order valence-corrected chi connectivity index (χ4v) is 4.73. The summed E-state index contributed by atoms with van der Waals surface area (Å²) >= 11 is 0. The van der Waals surface area contributed by atoms with Crippen LogP contribution < -0.4 is 5.32 Å². The third kappa shape index (κ3) is 3.82. The maximum atomic E-state index is 12.6. The Hall–Kier alpha value is 0.120. The monoisotopic (exact) mass is 311 g/mol. The normalized spacial score (nSPS) is 27.2. The Morgan fingerprint density at radius 2 is 1.84 bits per heavy atom. The van der Waals surface area contributed by atoms with E-state index in [-0.39, 0.29) is 24.5 Å². The minimum atomic E-state index is -3.28. The lowest BCUT2D eigenvalue weighted by Crippen LogP contribution is -2.57. The van der Waals surface area contributed by atoms with E-state index in [4.69, 9.17) is 0 Å². The van der Waals surface area contributed by atoms with Crippen molar-refractivity contribution in [2.75, 3.05) is 26.7 Å². The van der Waals surface area contributed by atoms with Crippen molar-refractivity contribution >= 4 is 22.6 Å². The van der Waals surface area contributed by atoms with Crippen LogP contribution in [-0.2, 0) is 10.2 Å². The van der Waals surface area contributed by atoms with Gasteiger partial charge in [-0.15, -0.1) is 12.4 Å². The first-order valence-electron chi connectivity index (χ1n) is 6.99. The molecule has 0 amide bonds. The van der Waals surface area contributed by atoms with Gasteiger partial charge in [-0.1, -0.05) is 19.3 Å². The van der Waals surface area contributed by atoms with Gasteiger partial charge < -0.3 is 5.32 Å². The first kappa shape index (κ1) is 17.2. The van der Waals surface area contributed by atoms with Crippen LogP contribution in [0.4, 0.5) is 0 Å². The average Bonchev–Trinajstić information content (AvgIpc) is 2.39. The summed E-state index contributed by atoms with van der Waals surface area (Å²) in [6.07, 6.45) is 5.57. The Kier molecular flexibility index (Phi) is 6.53. The van der Waals surface area contributed by atoms with Crippen molar-refractivity contribution in [3.63, 3.8) is 0 Å². The predicted octanol–water partition coefficient (Wildman–Crippen LogP) is 1.21. The van der Waals surface area contributed by atoms with Crippen LogP contribution in [0, 0.1) is 0 Å². The predicted molar refractivity (Wildman–Crippen MR) is 79.8 cm³/mol. The molecule has 0 aromatic carbocycles. The standard InChI is InChI=1S/C12H25N3O2S.ClH/c1-11-10-13-8-9-15(11)18(16,17)14(2)12-6-4-3-5-7-12;/h11-13H,3-10H2,1-2H3;1H/t11-;/m1./s1. The molecule has 1 aliphatic carbocycles. The summed E-state index contributed by atoms with van der Waals surface area (Å²) in [4.78, 5) is 0. The molecule has 1 saturated carbocycles. The lowest BCUT2D eigenvalue weighted by Gasteiger charge is -2.39. The summed E-state index contributed by atoms with van der Waals surface area (Å²) in [5.41, 5.74) is 0. The SMILES string of the molecule is C[C@@H]1CNCCN1S(=O)(=O)N(C)C1CCCCC1.Cl. The van der Waals surface area contributed by atoms with Crippen LogP contribution in [0.1, 0.15) is 39.0 Å². The molecule has 1 aliphatic heterocycles. The van der Waals surface area contributed by atoms with Gasteiger partial charge in [-0.3, -0.25) is 0 Å². The third-order valence-corrected chi connectivity index (χ3v) is 6.35. The molecule has 0 aromatic rings. The summed E-state index contributed by atoms with van der Waals surface area (Å²) < 4.78 is 28.5. The van der Waals surface area contributed by atoms with E-state index < -0.39 is 10.2 Å². The van der Waals surface area contributed by atoms with Crippen LogP contribution >= 0.6 is 12.4 Å². The first-order chi connectivity index (χ1) is 8.53. The van der Waals surface area contributed by atoms with E-state index in [2.05, 4.69) is 5.32 Å². The number of hydrogen-bond donors (Lipinski definition) is 1. The number of halogens is 1. The van der Waals surface area contributed by atoms with Crippen LogP contribution in [0.5, 0.6) is 0 Å². The second-order valence-corrected chi connectivity index (χ2v) is 7.42. The average molecular weight is 312 g/mol. The summed E-state index contributed by atoms with van der Waals surface area (Å²) in [6.45, 7) is 4.05. The zero-order valence-electron chi connectivity index (χ0n) is 11.8. The molecule has 2 fully saturated rings. The maximum Gasteiger partial charge on any atom is 0.282 e. The minimum Gasteiger partial charge on any atom is -0.314 e. The van der Waals surface area contributed by atoms with Gasteiger partial charge in [-0.2, -0.15) is 17.0 Å². The highest BCUT2D eigenvalue weighted by atomic mass is 35.5. The number of hydrogen-bond acceptors (Lipinski definition) is 3. The number of piperazine rings is 1. The lowest BCUT2D eigenvalue weighted by molar-refractivity contribution is 0.230. The molecule has 1 N–H and O–H groups in total. The molecule has 0 aromatic heterocycles. The Balaban J connectivity index is 0.00000180. The molecule has 0 bridgehead atoms. The molecule has 2 aliphatic rings. The van der Waals surface area contributed by atoms with Gasteiger partial charge in [-0.25, -0.2) is 0 Å². The summed E-state index contributed by atoms with van der Waals surface area (Å²) in [6, 6.07) is 0.251. The van der Waals surface area contributed by atoms with Crippen LogP contribution in [0.3, 0.4) is 0 Å². The van der Waals surface area contributed by atoms with Gasteiger partial charge in [-0.05, 0) is 19.8 Å². The Labute approximate surface area is 123 Å². The van der Waals surface area contributed by atoms with E-state index in [0.717, 1.165) is 38.8 Å². The highest BCUT2D eigenvalue weighted by molar-refractivity contribution is 7.86. The van der Waals surface area contributed by atoms with Crippen molar-refractivity contribution in [3.8, 4) is 0 Å². The zero-order chi connectivity index (χ0) is 13.2. The molecule has 5 nitrogen and oxygen atoms in total. The molecule has 7 heteroatoms. The molecule has 0 spiro atoms. The number of rotatable bonds is 3. The smallest absolute Gasteiger partial charge is 0.282 e. The van der Waals surface area contributed by atoms with Gasteiger partial charge in [0.2, 0.25) is 0 Å². The van der Waals surface area contributed by atoms with E-state index in [9.17, 15) is 8.42 Å². The largest absolute Gasteiger partial charge is 0.314 e. The summed E-state index contributed by atoms with van der Waals surface area (Å²) in [5.74, 6) is 0. The van der Waals surface area contributed by atoms with E-state index in [0.29, 0.717) is 6.54 Å². The molecular weight excluding hydrogens is 286 g/mol. The molecular formula is C12H26ClN3O2S. The van der Waals surface area contributed by atoms with E-state index >= 15 is 0 Å². The van der Waals surface area contributed by atoms with E-state index in [1.807, 2.05) is 6.92 Å². The molecule has 2 rings (SSSR count). The van der Waals surface area contributed by atoms with Gasteiger partial charge >= 0.3 is 0 Å². The first-order valence-corrected chi connectivity index (χ1v) is 8.38. The summed E-state index contributed by atoms with van der Waals surface area (Å²) in [7, 11) is -1.53. The molecule has 0 radical (unpaired) electrons. The molecule has 1 heterocycles. The second kappa shape index (κ2) is 7.22. The Bertz CT molecular complexity index is 371. The van der Waals surface area contributed by atoms with Gasteiger partial charge in [0.25, 0.3) is 10.2 Å². The van der Waals surface area contributed by atoms with Crippen LogP contribution in [-0.4, -0.2) is 55.8 Å². The number of nitrogens with zero attached hydrogens (tertiary/aromatic N) is 2. The molecule has 1 saturated heterocycles. The summed E-state index contributed by atoms with van der Waals surface area (Å²) in [5, 5.41) is 3.23. The van der Waals surface area contributed by atoms with Gasteiger partial charge in [0.15, 0.2) is 0 Å². The van der Waals surface area contributed by atoms with Crippen molar-refractivity contribution in [1.29, 1.82) is 0 Å². The Morgan fingerprint density at radius 3 is 2.42 bits per heavy atom. The van der Waals surface area contributed by atoms with Crippen molar-refractivity contribution in [2.45, 2.75) is 51.1 Å². The fourth-order valence-electron chi connectivity index (χ4n) is 2.96. The quantitative estimate of drug-likeness (QED) is 0.852. The Morgan fingerprint density at radius 1 is 1.21 bits per heavy atom. The van der Waals surface area contributed by atoms with Crippen LogP contribution in [0.15, 0.2) is 0 Å². The highest BCUT2D eigenvalue weighted by Gasteiger charge is 2.36. The van der Waals surface area contributed by atoms with Crippen LogP contribution in [0.25, 0.3) is 0 Å². The molecule has 1 atom stereocenters. The molecule has 114 valence electrons.